The Hall–Kier alpha value is -0.650. The third-order valence-corrected chi connectivity index (χ3v) is 4.67. The summed E-state index contributed by atoms with van der Waals surface area (Å²) in [5, 5.41) is 12.7. The Labute approximate surface area is 113 Å². The van der Waals surface area contributed by atoms with Crippen LogP contribution in [0.2, 0.25) is 0 Å². The summed E-state index contributed by atoms with van der Waals surface area (Å²) in [6.07, 6.45) is 5.81. The predicted octanol–water partition coefficient (Wildman–Crippen LogP) is 1.17. The Balaban J connectivity index is 1.59. The molecule has 3 aliphatic rings. The molecule has 108 valence electrons. The van der Waals surface area contributed by atoms with Crippen molar-refractivity contribution in [2.24, 2.45) is 5.92 Å². The maximum atomic E-state index is 11.3. The normalized spacial score (nSPS) is 32.1. The molecule has 5 nitrogen and oxygen atoms in total. The second kappa shape index (κ2) is 5.38. The average Bonchev–Trinajstić information content (AvgIpc) is 3.21. The molecule has 2 saturated heterocycles. The molecule has 1 saturated carbocycles. The van der Waals surface area contributed by atoms with Gasteiger partial charge in [-0.25, -0.2) is 0 Å². The molecule has 19 heavy (non-hydrogen) atoms. The van der Waals surface area contributed by atoms with Gasteiger partial charge >= 0.3 is 5.97 Å². The number of carbonyl (C=O) groups is 1. The Bertz CT molecular complexity index is 331. The van der Waals surface area contributed by atoms with Crippen LogP contribution in [0.3, 0.4) is 0 Å². The summed E-state index contributed by atoms with van der Waals surface area (Å²) in [5.74, 6) is -0.360. The summed E-state index contributed by atoms with van der Waals surface area (Å²) in [5.41, 5.74) is -0.0687. The summed E-state index contributed by atoms with van der Waals surface area (Å²) in [4.78, 5) is 11.3. The third-order valence-electron chi connectivity index (χ3n) is 4.67. The van der Waals surface area contributed by atoms with Gasteiger partial charge in [-0.2, -0.15) is 0 Å². The fourth-order valence-electron chi connectivity index (χ4n) is 3.35. The topological polar surface area (TPSA) is 67.8 Å². The van der Waals surface area contributed by atoms with E-state index >= 15 is 0 Å². The first-order chi connectivity index (χ1) is 9.19. The summed E-state index contributed by atoms with van der Waals surface area (Å²) in [7, 11) is 0. The molecule has 0 bridgehead atoms. The summed E-state index contributed by atoms with van der Waals surface area (Å²) < 4.78 is 11.4. The van der Waals surface area contributed by atoms with E-state index in [1.165, 1.54) is 0 Å². The van der Waals surface area contributed by atoms with Crippen LogP contribution in [0.15, 0.2) is 0 Å². The molecule has 0 aromatic rings. The molecule has 3 rings (SSSR count). The van der Waals surface area contributed by atoms with Crippen molar-refractivity contribution in [3.8, 4) is 0 Å². The number of hydrogen-bond acceptors (Lipinski definition) is 4. The van der Waals surface area contributed by atoms with Gasteiger partial charge in [0.15, 0.2) is 0 Å². The molecule has 0 aromatic carbocycles. The van der Waals surface area contributed by atoms with Gasteiger partial charge < -0.3 is 19.9 Å². The van der Waals surface area contributed by atoms with Crippen molar-refractivity contribution < 1.29 is 19.4 Å². The van der Waals surface area contributed by atoms with Crippen molar-refractivity contribution >= 4 is 5.97 Å². The Kier molecular flexibility index (Phi) is 3.78. The second-order valence-electron chi connectivity index (χ2n) is 6.15. The molecule has 5 heteroatoms. The minimum Gasteiger partial charge on any atom is -0.480 e. The standard InChI is InChI=1S/C14H23NO4/c16-13(17)12(10-1-2-10)15-11-3-6-19-14(9-11)4-7-18-8-5-14/h10-12,15H,1-9H2,(H,16,17). The number of rotatable bonds is 4. The lowest BCUT2D eigenvalue weighted by molar-refractivity contribution is -0.147. The van der Waals surface area contributed by atoms with Crippen molar-refractivity contribution in [2.75, 3.05) is 19.8 Å². The van der Waals surface area contributed by atoms with Crippen molar-refractivity contribution in [2.45, 2.75) is 56.2 Å². The van der Waals surface area contributed by atoms with Crippen LogP contribution in [0.4, 0.5) is 0 Å². The summed E-state index contributed by atoms with van der Waals surface area (Å²) in [6, 6.07) is -0.0893. The van der Waals surface area contributed by atoms with Crippen molar-refractivity contribution in [3.63, 3.8) is 0 Å². The van der Waals surface area contributed by atoms with Crippen LogP contribution in [0.5, 0.6) is 0 Å². The van der Waals surface area contributed by atoms with Gasteiger partial charge in [0.05, 0.1) is 5.60 Å². The minimum atomic E-state index is -0.699. The first-order valence-corrected chi connectivity index (χ1v) is 7.39. The number of ether oxygens (including phenoxy) is 2. The fraction of sp³-hybridized carbons (Fsp3) is 0.929. The molecule has 2 atom stereocenters. The van der Waals surface area contributed by atoms with E-state index < -0.39 is 5.97 Å². The lowest BCUT2D eigenvalue weighted by Crippen LogP contribution is -2.53. The van der Waals surface area contributed by atoms with Gasteiger partial charge in [-0.1, -0.05) is 0 Å². The summed E-state index contributed by atoms with van der Waals surface area (Å²) in [6.45, 7) is 2.25. The number of carboxylic acid groups (broad SMARTS) is 1. The highest BCUT2D eigenvalue weighted by Gasteiger charge is 2.42. The van der Waals surface area contributed by atoms with E-state index in [1.54, 1.807) is 0 Å². The number of hydrogen-bond donors (Lipinski definition) is 2. The molecule has 0 radical (unpaired) electrons. The zero-order valence-electron chi connectivity index (χ0n) is 11.3. The average molecular weight is 269 g/mol. The molecule has 2 aliphatic heterocycles. The van der Waals surface area contributed by atoms with E-state index in [-0.39, 0.29) is 17.7 Å². The molecule has 2 N–H and O–H groups in total. The van der Waals surface area contributed by atoms with Gasteiger partial charge in [-0.3, -0.25) is 4.79 Å². The molecule has 1 spiro atoms. The molecule has 2 heterocycles. The van der Waals surface area contributed by atoms with E-state index in [4.69, 9.17) is 9.47 Å². The number of nitrogens with one attached hydrogen (secondary N) is 1. The highest BCUT2D eigenvalue weighted by Crippen LogP contribution is 2.37. The molecule has 0 aromatic heterocycles. The molecule has 0 amide bonds. The smallest absolute Gasteiger partial charge is 0.320 e. The van der Waals surface area contributed by atoms with Gasteiger partial charge in [-0.15, -0.1) is 0 Å². The van der Waals surface area contributed by atoms with Crippen LogP contribution in [-0.2, 0) is 14.3 Å². The van der Waals surface area contributed by atoms with E-state index in [1.807, 2.05) is 0 Å². The van der Waals surface area contributed by atoms with E-state index in [0.717, 1.165) is 58.3 Å². The Morgan fingerprint density at radius 3 is 2.58 bits per heavy atom. The van der Waals surface area contributed by atoms with Gasteiger partial charge in [0, 0.05) is 25.9 Å². The lowest BCUT2D eigenvalue weighted by atomic mass is 9.83. The number of aliphatic carboxylic acids is 1. The van der Waals surface area contributed by atoms with Gasteiger partial charge in [0.25, 0.3) is 0 Å². The third kappa shape index (κ3) is 3.09. The maximum Gasteiger partial charge on any atom is 0.320 e. The van der Waals surface area contributed by atoms with Crippen LogP contribution >= 0.6 is 0 Å². The predicted molar refractivity (Wildman–Crippen MR) is 69.0 cm³/mol. The van der Waals surface area contributed by atoms with Crippen molar-refractivity contribution in [3.05, 3.63) is 0 Å². The fourth-order valence-corrected chi connectivity index (χ4v) is 3.35. The zero-order chi connectivity index (χ0) is 13.3. The maximum absolute atomic E-state index is 11.3. The first-order valence-electron chi connectivity index (χ1n) is 7.39. The van der Waals surface area contributed by atoms with Gasteiger partial charge in [0.1, 0.15) is 6.04 Å². The van der Waals surface area contributed by atoms with Crippen LogP contribution < -0.4 is 5.32 Å². The van der Waals surface area contributed by atoms with Gasteiger partial charge in [-0.05, 0) is 44.4 Å². The monoisotopic (exact) mass is 269 g/mol. The first kappa shape index (κ1) is 13.3. The SMILES string of the molecule is O=C(O)C(NC1CCOC2(CCOCC2)C1)C1CC1. The second-order valence-corrected chi connectivity index (χ2v) is 6.15. The molecule has 3 fully saturated rings. The highest BCUT2D eigenvalue weighted by molar-refractivity contribution is 5.74. The largest absolute Gasteiger partial charge is 0.480 e. The minimum absolute atomic E-state index is 0.0687. The Morgan fingerprint density at radius 2 is 1.95 bits per heavy atom. The number of carboxylic acids is 1. The Morgan fingerprint density at radius 1 is 1.21 bits per heavy atom. The van der Waals surface area contributed by atoms with Crippen molar-refractivity contribution in [1.29, 1.82) is 0 Å². The zero-order valence-corrected chi connectivity index (χ0v) is 11.3. The van der Waals surface area contributed by atoms with Crippen molar-refractivity contribution in [1.82, 2.24) is 5.32 Å². The summed E-state index contributed by atoms with van der Waals surface area (Å²) >= 11 is 0. The van der Waals surface area contributed by atoms with Crippen LogP contribution in [0.1, 0.15) is 38.5 Å². The molecule has 2 unspecified atom stereocenters. The molecular formula is C14H23NO4. The van der Waals surface area contributed by atoms with E-state index in [9.17, 15) is 9.90 Å². The van der Waals surface area contributed by atoms with E-state index in [2.05, 4.69) is 5.32 Å². The molecular weight excluding hydrogens is 246 g/mol. The van der Waals surface area contributed by atoms with Crippen LogP contribution in [0, 0.1) is 5.92 Å². The quantitative estimate of drug-likeness (QED) is 0.802. The molecule has 1 aliphatic carbocycles. The van der Waals surface area contributed by atoms with Crippen LogP contribution in [-0.4, -0.2) is 48.6 Å². The lowest BCUT2D eigenvalue weighted by Gasteiger charge is -2.44. The van der Waals surface area contributed by atoms with Crippen LogP contribution in [0.25, 0.3) is 0 Å². The van der Waals surface area contributed by atoms with Gasteiger partial charge in [0.2, 0.25) is 0 Å². The highest BCUT2D eigenvalue weighted by atomic mass is 16.5. The van der Waals surface area contributed by atoms with E-state index in [0.29, 0.717) is 5.92 Å².